The lowest BCUT2D eigenvalue weighted by atomic mass is 9.97. The lowest BCUT2D eigenvalue weighted by molar-refractivity contribution is -0.120. The van der Waals surface area contributed by atoms with E-state index in [9.17, 15) is 13.2 Å². The van der Waals surface area contributed by atoms with Gasteiger partial charge < -0.3 is 14.8 Å². The number of ether oxygens (including phenoxy) is 2. The minimum atomic E-state index is -3.17. The van der Waals surface area contributed by atoms with Crippen molar-refractivity contribution in [2.24, 2.45) is 5.92 Å². The molecule has 1 aromatic carbocycles. The van der Waals surface area contributed by atoms with Crippen molar-refractivity contribution in [2.75, 3.05) is 31.5 Å². The van der Waals surface area contributed by atoms with Crippen LogP contribution in [0.4, 0.5) is 5.69 Å². The van der Waals surface area contributed by atoms with Crippen LogP contribution in [-0.2, 0) is 14.8 Å². The van der Waals surface area contributed by atoms with Crippen molar-refractivity contribution in [1.29, 1.82) is 0 Å². The molecule has 1 N–H and O–H groups in total. The van der Waals surface area contributed by atoms with E-state index in [2.05, 4.69) is 5.32 Å². The fourth-order valence-electron chi connectivity index (χ4n) is 2.67. The summed E-state index contributed by atoms with van der Waals surface area (Å²) in [6.07, 6.45) is 2.26. The van der Waals surface area contributed by atoms with Gasteiger partial charge in [-0.3, -0.25) is 4.79 Å². The van der Waals surface area contributed by atoms with Crippen molar-refractivity contribution in [2.45, 2.75) is 12.8 Å². The van der Waals surface area contributed by atoms with Crippen LogP contribution in [-0.4, -0.2) is 44.8 Å². The second-order valence-electron chi connectivity index (χ2n) is 5.49. The highest BCUT2D eigenvalue weighted by Gasteiger charge is 2.29. The van der Waals surface area contributed by atoms with Gasteiger partial charge in [-0.15, -0.1) is 0 Å². The monoisotopic (exact) mass is 326 g/mol. The zero-order chi connectivity index (χ0) is 15.7. The zero-order valence-corrected chi connectivity index (χ0v) is 13.1. The summed E-state index contributed by atoms with van der Waals surface area (Å²) < 4.78 is 34.8. The predicted molar refractivity (Wildman–Crippen MR) is 80.3 cm³/mol. The van der Waals surface area contributed by atoms with Gasteiger partial charge >= 0.3 is 0 Å². The molecule has 0 unspecified atom stereocenters. The molecule has 0 saturated carbocycles. The first-order chi connectivity index (χ1) is 10.4. The zero-order valence-electron chi connectivity index (χ0n) is 12.2. The van der Waals surface area contributed by atoms with Crippen molar-refractivity contribution < 1.29 is 22.7 Å². The smallest absolute Gasteiger partial charge is 0.231 e. The Bertz CT molecular complexity index is 680. The van der Waals surface area contributed by atoms with Gasteiger partial charge in [0.15, 0.2) is 11.5 Å². The largest absolute Gasteiger partial charge is 0.454 e. The lowest BCUT2D eigenvalue weighted by Crippen LogP contribution is -2.40. The summed E-state index contributed by atoms with van der Waals surface area (Å²) in [6.45, 7) is 0.965. The first-order valence-electron chi connectivity index (χ1n) is 7.09. The molecule has 2 heterocycles. The molecule has 1 saturated heterocycles. The summed E-state index contributed by atoms with van der Waals surface area (Å²) in [5.74, 6) is 1.01. The lowest BCUT2D eigenvalue weighted by Gasteiger charge is -2.29. The van der Waals surface area contributed by atoms with Gasteiger partial charge in [0.05, 0.1) is 6.26 Å². The van der Waals surface area contributed by atoms with Crippen LogP contribution in [0.3, 0.4) is 0 Å². The van der Waals surface area contributed by atoms with Crippen LogP contribution in [0.1, 0.15) is 12.8 Å². The van der Waals surface area contributed by atoms with Gasteiger partial charge in [-0.25, -0.2) is 12.7 Å². The SMILES string of the molecule is CS(=O)(=O)N1CCC(C(=O)Nc2ccc3c(c2)OCO3)CC1. The fourth-order valence-corrected chi connectivity index (χ4v) is 3.54. The Morgan fingerprint density at radius 2 is 1.91 bits per heavy atom. The first kappa shape index (κ1) is 15.1. The van der Waals surface area contributed by atoms with Crippen molar-refractivity contribution in [3.63, 3.8) is 0 Å². The average Bonchev–Trinajstić information content (AvgIpc) is 2.94. The molecular weight excluding hydrogens is 308 g/mol. The quantitative estimate of drug-likeness (QED) is 0.896. The number of rotatable bonds is 3. The standard InChI is InChI=1S/C14H18N2O5S/c1-22(18,19)16-6-4-10(5-7-16)14(17)15-11-2-3-12-13(8-11)21-9-20-12/h2-3,8,10H,4-7,9H2,1H3,(H,15,17). The highest BCUT2D eigenvalue weighted by atomic mass is 32.2. The predicted octanol–water partition coefficient (Wildman–Crippen LogP) is 1.03. The molecule has 2 aliphatic rings. The normalized spacial score (nSPS) is 19.1. The van der Waals surface area contributed by atoms with E-state index in [0.717, 1.165) is 0 Å². The minimum absolute atomic E-state index is 0.0907. The van der Waals surface area contributed by atoms with Crippen molar-refractivity contribution >= 4 is 21.6 Å². The van der Waals surface area contributed by atoms with Gasteiger partial charge in [0.2, 0.25) is 22.7 Å². The van der Waals surface area contributed by atoms with E-state index in [1.807, 2.05) is 0 Å². The van der Waals surface area contributed by atoms with Crippen LogP contribution in [0, 0.1) is 5.92 Å². The van der Waals surface area contributed by atoms with E-state index in [-0.39, 0.29) is 18.6 Å². The Balaban J connectivity index is 1.59. The number of hydrogen-bond acceptors (Lipinski definition) is 5. The summed E-state index contributed by atoms with van der Waals surface area (Å²) in [5, 5.41) is 2.85. The molecule has 22 heavy (non-hydrogen) atoms. The number of benzene rings is 1. The van der Waals surface area contributed by atoms with Gasteiger partial charge in [0.1, 0.15) is 0 Å². The fraction of sp³-hybridized carbons (Fsp3) is 0.500. The molecule has 0 bridgehead atoms. The average molecular weight is 326 g/mol. The maximum atomic E-state index is 12.3. The molecule has 7 nitrogen and oxygen atoms in total. The van der Waals surface area contributed by atoms with Crippen LogP contribution in [0.25, 0.3) is 0 Å². The molecule has 0 aromatic heterocycles. The molecule has 0 spiro atoms. The third kappa shape index (κ3) is 3.17. The van der Waals surface area contributed by atoms with Crippen LogP contribution in [0.2, 0.25) is 0 Å². The Labute approximate surface area is 129 Å². The summed E-state index contributed by atoms with van der Waals surface area (Å²) in [5.41, 5.74) is 0.653. The minimum Gasteiger partial charge on any atom is -0.454 e. The van der Waals surface area contributed by atoms with Gasteiger partial charge in [0, 0.05) is 30.8 Å². The summed E-state index contributed by atoms with van der Waals surface area (Å²) in [7, 11) is -3.17. The van der Waals surface area contributed by atoms with E-state index in [1.54, 1.807) is 18.2 Å². The molecular formula is C14H18N2O5S. The van der Waals surface area contributed by atoms with Crippen LogP contribution < -0.4 is 14.8 Å². The second-order valence-corrected chi connectivity index (χ2v) is 7.48. The third-order valence-corrected chi connectivity index (χ3v) is 5.24. The third-order valence-electron chi connectivity index (χ3n) is 3.93. The summed E-state index contributed by atoms with van der Waals surface area (Å²) >= 11 is 0. The number of carbonyl (C=O) groups excluding carboxylic acids is 1. The number of amides is 1. The molecule has 1 aromatic rings. The number of sulfonamides is 1. The van der Waals surface area contributed by atoms with E-state index in [1.165, 1.54) is 10.6 Å². The van der Waals surface area contributed by atoms with Crippen LogP contribution in [0.15, 0.2) is 18.2 Å². The Hall–Kier alpha value is -1.80. The summed E-state index contributed by atoms with van der Waals surface area (Å²) in [4.78, 5) is 12.3. The molecule has 120 valence electrons. The Kier molecular flexibility index (Phi) is 3.96. The summed E-state index contributed by atoms with van der Waals surface area (Å²) in [6, 6.07) is 5.24. The number of nitrogens with one attached hydrogen (secondary N) is 1. The maximum Gasteiger partial charge on any atom is 0.231 e. The number of fused-ring (bicyclic) bond motifs is 1. The van der Waals surface area contributed by atoms with Crippen LogP contribution >= 0.6 is 0 Å². The van der Waals surface area contributed by atoms with E-state index < -0.39 is 10.0 Å². The highest BCUT2D eigenvalue weighted by molar-refractivity contribution is 7.88. The second kappa shape index (κ2) is 5.77. The number of nitrogens with zero attached hydrogens (tertiary/aromatic N) is 1. The molecule has 0 atom stereocenters. The topological polar surface area (TPSA) is 84.9 Å². The molecule has 0 radical (unpaired) electrons. The van der Waals surface area contributed by atoms with E-state index in [4.69, 9.17) is 9.47 Å². The van der Waals surface area contributed by atoms with E-state index >= 15 is 0 Å². The molecule has 3 rings (SSSR count). The van der Waals surface area contributed by atoms with Crippen molar-refractivity contribution in [1.82, 2.24) is 4.31 Å². The van der Waals surface area contributed by atoms with Crippen molar-refractivity contribution in [3.8, 4) is 11.5 Å². The Morgan fingerprint density at radius 3 is 2.59 bits per heavy atom. The molecule has 2 aliphatic heterocycles. The highest BCUT2D eigenvalue weighted by Crippen LogP contribution is 2.34. The van der Waals surface area contributed by atoms with Gasteiger partial charge in [-0.2, -0.15) is 0 Å². The van der Waals surface area contributed by atoms with Crippen molar-refractivity contribution in [3.05, 3.63) is 18.2 Å². The number of carbonyl (C=O) groups is 1. The number of anilines is 1. The van der Waals surface area contributed by atoms with Gasteiger partial charge in [-0.05, 0) is 25.0 Å². The van der Waals surface area contributed by atoms with Gasteiger partial charge in [-0.1, -0.05) is 0 Å². The van der Waals surface area contributed by atoms with E-state index in [0.29, 0.717) is 43.1 Å². The molecule has 1 fully saturated rings. The van der Waals surface area contributed by atoms with Gasteiger partial charge in [0.25, 0.3) is 0 Å². The molecule has 0 aliphatic carbocycles. The number of piperidine rings is 1. The molecule has 8 heteroatoms. The van der Waals surface area contributed by atoms with Crippen LogP contribution in [0.5, 0.6) is 11.5 Å². The maximum absolute atomic E-state index is 12.3. The molecule has 1 amide bonds. The first-order valence-corrected chi connectivity index (χ1v) is 8.94. The number of hydrogen-bond donors (Lipinski definition) is 1. The Morgan fingerprint density at radius 1 is 1.23 bits per heavy atom.